The van der Waals surface area contributed by atoms with Crippen LogP contribution in [0.5, 0.6) is 0 Å². The average molecular weight is 469 g/mol. The van der Waals surface area contributed by atoms with Crippen LogP contribution in [0.2, 0.25) is 0 Å². The number of ether oxygens (including phenoxy) is 2. The van der Waals surface area contributed by atoms with E-state index in [4.69, 9.17) is 9.47 Å². The minimum Gasteiger partial charge on any atom is -0.465 e. The summed E-state index contributed by atoms with van der Waals surface area (Å²) in [4.78, 5) is 12.0. The summed E-state index contributed by atoms with van der Waals surface area (Å²) in [7, 11) is -1.95. The topological polar surface area (TPSA) is 104 Å². The van der Waals surface area contributed by atoms with Crippen LogP contribution in [0.15, 0.2) is 40.4 Å². The second kappa shape index (κ2) is 11.1. The zero-order valence-electron chi connectivity index (χ0n) is 17.8. The van der Waals surface area contributed by atoms with E-state index in [2.05, 4.69) is 10.2 Å². The molecule has 1 aromatic heterocycles. The van der Waals surface area contributed by atoms with Crippen LogP contribution in [0, 0.1) is 0 Å². The highest BCUT2D eigenvalue weighted by atomic mass is 32.2. The highest BCUT2D eigenvalue weighted by molar-refractivity contribution is 7.99. The van der Waals surface area contributed by atoms with E-state index in [1.54, 1.807) is 44.4 Å². The smallest absolute Gasteiger partial charge is 0.316 e. The molecule has 1 saturated heterocycles. The lowest BCUT2D eigenvalue weighted by molar-refractivity contribution is -0.139. The van der Waals surface area contributed by atoms with Gasteiger partial charge in [-0.15, -0.1) is 10.2 Å². The van der Waals surface area contributed by atoms with Crippen LogP contribution in [0.1, 0.15) is 31.5 Å². The highest BCUT2D eigenvalue weighted by Crippen LogP contribution is 2.31. The predicted octanol–water partition coefficient (Wildman–Crippen LogP) is 2.15. The van der Waals surface area contributed by atoms with Gasteiger partial charge in [-0.1, -0.05) is 30.0 Å². The first-order valence-corrected chi connectivity index (χ1v) is 12.7. The molecule has 2 heterocycles. The Morgan fingerprint density at radius 3 is 2.74 bits per heavy atom. The van der Waals surface area contributed by atoms with Crippen molar-refractivity contribution >= 4 is 27.8 Å². The molecule has 1 atom stereocenters. The Hall–Kier alpha value is -1.95. The maximum atomic E-state index is 13.1. The van der Waals surface area contributed by atoms with E-state index in [1.807, 2.05) is 4.57 Å². The van der Waals surface area contributed by atoms with Crippen molar-refractivity contribution in [3.63, 3.8) is 0 Å². The Labute approximate surface area is 187 Å². The highest BCUT2D eigenvalue weighted by Gasteiger charge is 2.33. The van der Waals surface area contributed by atoms with Crippen LogP contribution in [-0.2, 0) is 30.8 Å². The number of rotatable bonds is 10. The van der Waals surface area contributed by atoms with Crippen molar-refractivity contribution in [1.82, 2.24) is 19.1 Å². The zero-order valence-corrected chi connectivity index (χ0v) is 19.4. The molecule has 1 unspecified atom stereocenters. The molecule has 2 aromatic rings. The third-order valence-corrected chi connectivity index (χ3v) is 7.84. The van der Waals surface area contributed by atoms with Gasteiger partial charge in [-0.3, -0.25) is 4.79 Å². The number of hydrogen-bond acceptors (Lipinski definition) is 8. The molecule has 1 fully saturated rings. The van der Waals surface area contributed by atoms with Crippen molar-refractivity contribution in [1.29, 1.82) is 0 Å². The van der Waals surface area contributed by atoms with Crippen molar-refractivity contribution in [2.75, 3.05) is 39.2 Å². The third-order valence-electron chi connectivity index (χ3n) is 5.02. The van der Waals surface area contributed by atoms with E-state index in [-0.39, 0.29) is 17.6 Å². The monoisotopic (exact) mass is 468 g/mol. The average Bonchev–Trinajstić information content (AvgIpc) is 3.20. The second-order valence-electron chi connectivity index (χ2n) is 7.09. The molecular weight excluding hydrogens is 440 g/mol. The SMILES string of the molecule is CCOC(=O)CSc1nnc(C2CCCN(S(=O)(=O)c3ccccc3)C2)n1CCOC. The van der Waals surface area contributed by atoms with Gasteiger partial charge in [0.1, 0.15) is 5.82 Å². The molecule has 3 rings (SSSR count). The molecule has 0 saturated carbocycles. The first-order valence-electron chi connectivity index (χ1n) is 10.2. The number of methoxy groups -OCH3 is 1. The number of sulfonamides is 1. The number of benzene rings is 1. The molecule has 0 radical (unpaired) electrons. The normalized spacial score (nSPS) is 17.5. The van der Waals surface area contributed by atoms with Crippen LogP contribution in [-0.4, -0.2) is 72.6 Å². The van der Waals surface area contributed by atoms with Crippen LogP contribution in [0.3, 0.4) is 0 Å². The van der Waals surface area contributed by atoms with Crippen molar-refractivity contribution in [3.8, 4) is 0 Å². The van der Waals surface area contributed by atoms with E-state index in [1.165, 1.54) is 16.1 Å². The van der Waals surface area contributed by atoms with Gasteiger partial charge in [0.05, 0.1) is 23.9 Å². The molecular formula is C20H28N4O5S2. The molecule has 9 nitrogen and oxygen atoms in total. The Bertz CT molecular complexity index is 965. The quantitative estimate of drug-likeness (QED) is 0.386. The number of carbonyl (C=O) groups is 1. The number of piperidine rings is 1. The number of aromatic nitrogens is 3. The van der Waals surface area contributed by atoms with E-state index >= 15 is 0 Å². The lowest BCUT2D eigenvalue weighted by atomic mass is 9.99. The minimum atomic E-state index is -3.57. The van der Waals surface area contributed by atoms with Gasteiger partial charge in [0.25, 0.3) is 0 Å². The van der Waals surface area contributed by atoms with Gasteiger partial charge in [0.15, 0.2) is 5.16 Å². The summed E-state index contributed by atoms with van der Waals surface area (Å²) in [6, 6.07) is 8.48. The molecule has 1 aliphatic heterocycles. The van der Waals surface area contributed by atoms with Crippen LogP contribution >= 0.6 is 11.8 Å². The minimum absolute atomic E-state index is 0.0893. The maximum Gasteiger partial charge on any atom is 0.316 e. The molecule has 1 aromatic carbocycles. The summed E-state index contributed by atoms with van der Waals surface area (Å²) in [6.45, 7) is 3.88. The first-order chi connectivity index (χ1) is 15.0. The Kier molecular flexibility index (Phi) is 8.47. The fraction of sp³-hybridized carbons (Fsp3) is 0.550. The molecule has 11 heteroatoms. The number of thioether (sulfide) groups is 1. The van der Waals surface area contributed by atoms with E-state index in [0.717, 1.165) is 18.7 Å². The second-order valence-corrected chi connectivity index (χ2v) is 9.97. The van der Waals surface area contributed by atoms with Gasteiger partial charge >= 0.3 is 5.97 Å². The van der Waals surface area contributed by atoms with Crippen molar-refractivity contribution < 1.29 is 22.7 Å². The standard InChI is InChI=1S/C20H28N4O5S2/c1-3-29-18(25)15-30-20-22-21-19(24(20)12-13-28-2)16-8-7-11-23(14-16)31(26,27)17-9-5-4-6-10-17/h4-6,9-10,16H,3,7-8,11-15H2,1-2H3. The van der Waals surface area contributed by atoms with Crippen molar-refractivity contribution in [2.45, 2.75) is 42.3 Å². The number of esters is 1. The van der Waals surface area contributed by atoms with Crippen LogP contribution in [0.25, 0.3) is 0 Å². The van der Waals surface area contributed by atoms with E-state index < -0.39 is 10.0 Å². The predicted molar refractivity (Wildman–Crippen MR) is 116 cm³/mol. The van der Waals surface area contributed by atoms with Crippen molar-refractivity contribution in [3.05, 3.63) is 36.2 Å². The molecule has 0 N–H and O–H groups in total. The largest absolute Gasteiger partial charge is 0.465 e. The van der Waals surface area contributed by atoms with E-state index in [9.17, 15) is 13.2 Å². The molecule has 0 spiro atoms. The van der Waals surface area contributed by atoms with Gasteiger partial charge in [-0.25, -0.2) is 8.42 Å². The van der Waals surface area contributed by atoms with Crippen LogP contribution < -0.4 is 0 Å². The Morgan fingerprint density at radius 1 is 1.26 bits per heavy atom. The summed E-state index contributed by atoms with van der Waals surface area (Å²) < 4.78 is 39.8. The number of nitrogens with zero attached hydrogens (tertiary/aromatic N) is 4. The third kappa shape index (κ3) is 5.85. The van der Waals surface area contributed by atoms with Crippen molar-refractivity contribution in [2.24, 2.45) is 0 Å². The Morgan fingerprint density at radius 2 is 2.03 bits per heavy atom. The number of hydrogen-bond donors (Lipinski definition) is 0. The molecule has 0 bridgehead atoms. The van der Waals surface area contributed by atoms with Gasteiger partial charge in [0.2, 0.25) is 10.0 Å². The Balaban J connectivity index is 1.80. The lowest BCUT2D eigenvalue weighted by Crippen LogP contribution is -2.39. The summed E-state index contributed by atoms with van der Waals surface area (Å²) in [6.07, 6.45) is 1.55. The summed E-state index contributed by atoms with van der Waals surface area (Å²) in [5, 5.41) is 9.24. The van der Waals surface area contributed by atoms with Gasteiger partial charge in [0, 0.05) is 32.7 Å². The fourth-order valence-electron chi connectivity index (χ4n) is 3.54. The maximum absolute atomic E-state index is 13.1. The summed E-state index contributed by atoms with van der Waals surface area (Å²) in [5.41, 5.74) is 0. The summed E-state index contributed by atoms with van der Waals surface area (Å²) >= 11 is 1.26. The van der Waals surface area contributed by atoms with Gasteiger partial charge in [-0.05, 0) is 31.9 Å². The van der Waals surface area contributed by atoms with Gasteiger partial charge < -0.3 is 14.0 Å². The van der Waals surface area contributed by atoms with E-state index in [0.29, 0.717) is 42.9 Å². The first kappa shape index (κ1) is 23.7. The number of carbonyl (C=O) groups excluding carboxylic acids is 1. The fourth-order valence-corrected chi connectivity index (χ4v) is 5.86. The molecule has 170 valence electrons. The summed E-state index contributed by atoms with van der Waals surface area (Å²) in [5.74, 6) is 0.455. The molecule has 1 aliphatic rings. The van der Waals surface area contributed by atoms with Crippen LogP contribution in [0.4, 0.5) is 0 Å². The molecule has 31 heavy (non-hydrogen) atoms. The molecule has 0 amide bonds. The zero-order chi connectivity index (χ0) is 22.3. The van der Waals surface area contributed by atoms with Gasteiger partial charge in [-0.2, -0.15) is 4.31 Å². The molecule has 0 aliphatic carbocycles. The lowest BCUT2D eigenvalue weighted by Gasteiger charge is -2.31.